The van der Waals surface area contributed by atoms with Crippen LogP contribution in [0.2, 0.25) is 0 Å². The summed E-state index contributed by atoms with van der Waals surface area (Å²) in [5.41, 5.74) is 10.2. The fourth-order valence-corrected chi connectivity index (χ4v) is 2.00. The van der Waals surface area contributed by atoms with E-state index in [9.17, 15) is 19.2 Å². The number of anilines is 2. The van der Waals surface area contributed by atoms with Gasteiger partial charge in [-0.3, -0.25) is 14.4 Å². The van der Waals surface area contributed by atoms with E-state index < -0.39 is 29.5 Å². The number of rotatable bonds is 8. The van der Waals surface area contributed by atoms with Crippen molar-refractivity contribution in [3.05, 3.63) is 11.4 Å². The number of alkyl carbamates (subject to hydrolysis) is 1. The van der Waals surface area contributed by atoms with Crippen molar-refractivity contribution in [2.24, 2.45) is 0 Å². The zero-order valence-corrected chi connectivity index (χ0v) is 17.3. The Morgan fingerprint density at radius 3 is 1.80 bits per heavy atom. The summed E-state index contributed by atoms with van der Waals surface area (Å²) in [7, 11) is 1.23. The number of carbonyl (C=O) groups excluding carboxylic acids is 4. The first-order chi connectivity index (χ1) is 13.9. The van der Waals surface area contributed by atoms with Crippen molar-refractivity contribution in [1.29, 1.82) is 0 Å². The molecule has 0 saturated carbocycles. The van der Waals surface area contributed by atoms with Gasteiger partial charge >= 0.3 is 12.1 Å². The molecule has 0 radical (unpaired) electrons. The molecule has 166 valence electrons. The predicted octanol–water partition coefficient (Wildman–Crippen LogP) is -0.812. The van der Waals surface area contributed by atoms with E-state index in [1.54, 1.807) is 20.8 Å². The molecule has 0 fully saturated rings. The van der Waals surface area contributed by atoms with Crippen LogP contribution >= 0.6 is 0 Å². The highest BCUT2D eigenvalue weighted by atomic mass is 16.6. The smallest absolute Gasteiger partial charge is 0.407 e. The molecule has 3 amide bonds. The van der Waals surface area contributed by atoms with Gasteiger partial charge in [-0.1, -0.05) is 0 Å². The van der Waals surface area contributed by atoms with Crippen LogP contribution in [-0.2, 0) is 14.3 Å². The Labute approximate surface area is 173 Å². The molecule has 0 aromatic carbocycles. The molecule has 0 unspecified atom stereocenters. The minimum Gasteiger partial charge on any atom is -0.469 e. The fraction of sp³-hybridized carbons (Fsp3) is 0.529. The number of nitrogens with one attached hydrogen (secondary N) is 3. The molecule has 0 aliphatic rings. The summed E-state index contributed by atoms with van der Waals surface area (Å²) >= 11 is 0. The molecule has 1 rings (SSSR count). The van der Waals surface area contributed by atoms with Gasteiger partial charge in [-0.05, 0) is 20.8 Å². The van der Waals surface area contributed by atoms with Crippen LogP contribution in [0.3, 0.4) is 0 Å². The Balaban J connectivity index is 2.61. The Morgan fingerprint density at radius 2 is 1.33 bits per heavy atom. The van der Waals surface area contributed by atoms with Gasteiger partial charge in [-0.15, -0.1) is 0 Å². The Hall–Kier alpha value is -3.64. The molecule has 1 aromatic heterocycles. The number of amides is 3. The van der Waals surface area contributed by atoms with Crippen LogP contribution in [0.1, 0.15) is 48.2 Å². The van der Waals surface area contributed by atoms with Crippen molar-refractivity contribution in [3.8, 4) is 0 Å². The van der Waals surface area contributed by atoms with Gasteiger partial charge in [0.2, 0.25) is 0 Å². The van der Waals surface area contributed by atoms with E-state index in [1.807, 2.05) is 0 Å². The lowest BCUT2D eigenvalue weighted by molar-refractivity contribution is -0.140. The largest absolute Gasteiger partial charge is 0.469 e. The van der Waals surface area contributed by atoms with E-state index in [1.165, 1.54) is 7.11 Å². The Bertz CT molecular complexity index is 807. The van der Waals surface area contributed by atoms with Crippen molar-refractivity contribution in [2.45, 2.75) is 32.8 Å². The third kappa shape index (κ3) is 8.16. The summed E-state index contributed by atoms with van der Waals surface area (Å²) in [5, 5.41) is 7.38. The highest BCUT2D eigenvalue weighted by Crippen LogP contribution is 2.13. The topological polar surface area (TPSA) is 201 Å². The highest BCUT2D eigenvalue weighted by Gasteiger charge is 2.20. The molecule has 0 bridgehead atoms. The summed E-state index contributed by atoms with van der Waals surface area (Å²) in [4.78, 5) is 54.5. The lowest BCUT2D eigenvalue weighted by atomic mass is 10.2. The van der Waals surface area contributed by atoms with Crippen molar-refractivity contribution >= 4 is 35.5 Å². The number of nitrogens with two attached hydrogens (primary N) is 2. The van der Waals surface area contributed by atoms with E-state index in [4.69, 9.17) is 16.2 Å². The quantitative estimate of drug-likeness (QED) is 0.259. The maximum absolute atomic E-state index is 12.2. The number of hydrogen-bond donors (Lipinski definition) is 5. The molecular weight excluding hydrogens is 398 g/mol. The molecule has 30 heavy (non-hydrogen) atoms. The minimum absolute atomic E-state index is 0.000578. The lowest BCUT2D eigenvalue weighted by Crippen LogP contribution is -2.38. The number of carbonyl (C=O) groups is 4. The molecule has 13 heteroatoms. The second-order valence-electron chi connectivity index (χ2n) is 6.96. The van der Waals surface area contributed by atoms with Crippen LogP contribution in [0, 0.1) is 0 Å². The molecule has 0 aliphatic heterocycles. The van der Waals surface area contributed by atoms with Crippen molar-refractivity contribution in [1.82, 2.24) is 25.9 Å². The zero-order chi connectivity index (χ0) is 22.9. The molecule has 0 saturated heterocycles. The van der Waals surface area contributed by atoms with Crippen LogP contribution in [-0.4, -0.2) is 66.2 Å². The van der Waals surface area contributed by atoms with Crippen LogP contribution in [0.15, 0.2) is 0 Å². The van der Waals surface area contributed by atoms with Gasteiger partial charge in [0, 0.05) is 19.6 Å². The number of methoxy groups -OCH3 is 1. The molecule has 13 nitrogen and oxygen atoms in total. The second kappa shape index (κ2) is 10.8. The Kier molecular flexibility index (Phi) is 8.77. The van der Waals surface area contributed by atoms with Gasteiger partial charge in [0.15, 0.2) is 23.0 Å². The molecule has 1 heterocycles. The number of aromatic nitrogens is 2. The van der Waals surface area contributed by atoms with E-state index in [0.29, 0.717) is 0 Å². The lowest BCUT2D eigenvalue weighted by Gasteiger charge is -2.19. The molecule has 0 atom stereocenters. The predicted molar refractivity (Wildman–Crippen MR) is 106 cm³/mol. The van der Waals surface area contributed by atoms with Gasteiger partial charge in [0.05, 0.1) is 13.5 Å². The van der Waals surface area contributed by atoms with E-state index in [0.717, 1.165) is 0 Å². The molecule has 0 aliphatic carbocycles. The molecule has 1 aromatic rings. The van der Waals surface area contributed by atoms with Gasteiger partial charge in [0.25, 0.3) is 11.8 Å². The highest BCUT2D eigenvalue weighted by molar-refractivity contribution is 6.00. The zero-order valence-electron chi connectivity index (χ0n) is 17.3. The van der Waals surface area contributed by atoms with Crippen molar-refractivity contribution < 1.29 is 28.7 Å². The van der Waals surface area contributed by atoms with Gasteiger partial charge in [-0.25, -0.2) is 14.8 Å². The van der Waals surface area contributed by atoms with Gasteiger partial charge in [-0.2, -0.15) is 0 Å². The van der Waals surface area contributed by atoms with Gasteiger partial charge < -0.3 is 36.9 Å². The number of nitrogen functional groups attached to an aromatic ring is 2. The summed E-state index contributed by atoms with van der Waals surface area (Å²) in [6.07, 6.45) is -0.661. The molecule has 7 N–H and O–H groups in total. The maximum Gasteiger partial charge on any atom is 0.407 e. The SMILES string of the molecule is COC(=O)CCNC(=O)c1nc(N)c(C(=O)NCCNC(=O)OC(C)(C)C)nc1N. The number of hydrogen-bond acceptors (Lipinski definition) is 10. The van der Waals surface area contributed by atoms with Crippen LogP contribution in [0.5, 0.6) is 0 Å². The first kappa shape index (κ1) is 24.4. The number of esters is 1. The van der Waals surface area contributed by atoms with E-state index in [2.05, 4.69) is 30.7 Å². The molecule has 0 spiro atoms. The van der Waals surface area contributed by atoms with Crippen LogP contribution in [0.25, 0.3) is 0 Å². The first-order valence-electron chi connectivity index (χ1n) is 8.97. The summed E-state index contributed by atoms with van der Waals surface area (Å²) in [5.74, 6) is -2.50. The standard InChI is InChI=1S/C17H27N7O6/c1-17(2,3)30-16(28)22-8-7-21-15(27)11-13(19)23-10(12(18)24-11)14(26)20-6-5-9(25)29-4/h5-8H2,1-4H3,(H2,18,24)(H2,19,23)(H,20,26)(H,21,27)(H,22,28). The monoisotopic (exact) mass is 425 g/mol. The van der Waals surface area contributed by atoms with E-state index in [-0.39, 0.29) is 49.1 Å². The summed E-state index contributed by atoms with van der Waals surface area (Å²) in [6, 6.07) is 0. The van der Waals surface area contributed by atoms with E-state index >= 15 is 0 Å². The molecular formula is C17H27N7O6. The number of ether oxygens (including phenoxy) is 2. The summed E-state index contributed by atoms with van der Waals surface area (Å²) < 4.78 is 9.52. The second-order valence-corrected chi connectivity index (χ2v) is 6.96. The van der Waals surface area contributed by atoms with Crippen LogP contribution < -0.4 is 27.4 Å². The first-order valence-corrected chi connectivity index (χ1v) is 8.97. The normalized spacial score (nSPS) is 10.7. The van der Waals surface area contributed by atoms with Gasteiger partial charge in [0.1, 0.15) is 5.60 Å². The number of nitrogens with zero attached hydrogens (tertiary/aromatic N) is 2. The van der Waals surface area contributed by atoms with Crippen LogP contribution in [0.4, 0.5) is 16.4 Å². The van der Waals surface area contributed by atoms with Crippen molar-refractivity contribution in [2.75, 3.05) is 38.2 Å². The average molecular weight is 425 g/mol. The Morgan fingerprint density at radius 1 is 0.867 bits per heavy atom. The average Bonchev–Trinajstić information content (AvgIpc) is 2.64. The van der Waals surface area contributed by atoms with Crippen molar-refractivity contribution in [3.63, 3.8) is 0 Å². The third-order valence-corrected chi connectivity index (χ3v) is 3.30. The maximum atomic E-state index is 12.2. The summed E-state index contributed by atoms with van der Waals surface area (Å²) in [6.45, 7) is 5.34. The third-order valence-electron chi connectivity index (χ3n) is 3.30. The minimum atomic E-state index is -0.705. The fourth-order valence-electron chi connectivity index (χ4n) is 2.00.